The van der Waals surface area contributed by atoms with Gasteiger partial charge in [-0.25, -0.2) is 18.2 Å². The van der Waals surface area contributed by atoms with E-state index in [4.69, 9.17) is 9.88 Å². The van der Waals surface area contributed by atoms with E-state index < -0.39 is 10.0 Å². The van der Waals surface area contributed by atoms with Crippen molar-refractivity contribution >= 4 is 10.0 Å². The van der Waals surface area contributed by atoms with Gasteiger partial charge in [-0.2, -0.15) is 5.10 Å². The maximum atomic E-state index is 11.2. The van der Waals surface area contributed by atoms with Crippen LogP contribution in [0.2, 0.25) is 0 Å². The van der Waals surface area contributed by atoms with Crippen LogP contribution < -0.4 is 9.88 Å². The molecule has 0 unspecified atom stereocenters. The molecule has 1 aromatic rings. The Bertz CT molecular complexity index is 463. The van der Waals surface area contributed by atoms with E-state index in [1.165, 1.54) is 0 Å². The van der Waals surface area contributed by atoms with Crippen molar-refractivity contribution in [3.8, 4) is 5.88 Å². The number of sulfonamides is 1. The number of nitrogens with zero attached hydrogens (tertiary/aromatic N) is 2. The van der Waals surface area contributed by atoms with Gasteiger partial charge in [0.25, 0.3) is 0 Å². The van der Waals surface area contributed by atoms with Gasteiger partial charge in [-0.15, -0.1) is 0 Å². The van der Waals surface area contributed by atoms with Crippen LogP contribution in [0.15, 0.2) is 4.90 Å². The molecular formula is C7H11N3O3S. The minimum Gasteiger partial charge on any atom is -0.477 e. The van der Waals surface area contributed by atoms with E-state index in [-0.39, 0.29) is 10.8 Å². The molecule has 2 N–H and O–H groups in total. The van der Waals surface area contributed by atoms with Gasteiger partial charge in [0, 0.05) is 13.0 Å². The normalized spacial score (nSPS) is 16.1. The summed E-state index contributed by atoms with van der Waals surface area (Å²) in [4.78, 5) is 0.0113. The number of aromatic nitrogens is 2. The average molecular weight is 217 g/mol. The molecule has 0 bridgehead atoms. The number of hydrogen-bond donors (Lipinski definition) is 1. The summed E-state index contributed by atoms with van der Waals surface area (Å²) < 4.78 is 29.2. The third-order valence-corrected chi connectivity index (χ3v) is 3.10. The predicted octanol–water partition coefficient (Wildman–Crippen LogP) is -0.379. The Morgan fingerprint density at radius 3 is 2.93 bits per heavy atom. The highest BCUT2D eigenvalue weighted by Crippen LogP contribution is 2.28. The van der Waals surface area contributed by atoms with E-state index in [9.17, 15) is 8.42 Å². The first-order valence-corrected chi connectivity index (χ1v) is 5.78. The topological polar surface area (TPSA) is 87.2 Å². The Balaban J connectivity index is 2.65. The zero-order valence-electron chi connectivity index (χ0n) is 7.73. The highest BCUT2D eigenvalue weighted by atomic mass is 32.2. The van der Waals surface area contributed by atoms with Crippen LogP contribution in [0.25, 0.3) is 0 Å². The van der Waals surface area contributed by atoms with Crippen molar-refractivity contribution in [2.45, 2.75) is 24.8 Å². The van der Waals surface area contributed by atoms with Gasteiger partial charge in [0.2, 0.25) is 15.9 Å². The average Bonchev–Trinajstić information content (AvgIpc) is 2.38. The Morgan fingerprint density at radius 2 is 2.29 bits per heavy atom. The van der Waals surface area contributed by atoms with E-state index in [0.717, 1.165) is 6.42 Å². The van der Waals surface area contributed by atoms with E-state index in [0.29, 0.717) is 18.8 Å². The minimum atomic E-state index is -3.74. The largest absolute Gasteiger partial charge is 0.477 e. The molecule has 14 heavy (non-hydrogen) atoms. The van der Waals surface area contributed by atoms with Gasteiger partial charge in [0.05, 0.1) is 12.3 Å². The van der Waals surface area contributed by atoms with Crippen molar-refractivity contribution in [3.63, 3.8) is 0 Å². The molecule has 0 saturated heterocycles. The summed E-state index contributed by atoms with van der Waals surface area (Å²) >= 11 is 0. The fraction of sp³-hybridized carbons (Fsp3) is 0.571. The molecule has 78 valence electrons. The molecule has 1 aromatic heterocycles. The number of aryl methyl sites for hydroxylation is 2. The summed E-state index contributed by atoms with van der Waals surface area (Å²) in [6.07, 6.45) is 0.832. The van der Waals surface area contributed by atoms with Crippen LogP contribution in [0.4, 0.5) is 0 Å². The zero-order valence-corrected chi connectivity index (χ0v) is 8.54. The fourth-order valence-electron chi connectivity index (χ4n) is 1.55. The molecular weight excluding hydrogens is 206 g/mol. The van der Waals surface area contributed by atoms with E-state index >= 15 is 0 Å². The maximum Gasteiger partial charge on any atom is 0.245 e. The molecule has 1 aliphatic rings. The minimum absolute atomic E-state index is 0.0113. The zero-order chi connectivity index (χ0) is 10.3. The molecule has 7 heteroatoms. The van der Waals surface area contributed by atoms with Gasteiger partial charge in [-0.1, -0.05) is 0 Å². The smallest absolute Gasteiger partial charge is 0.245 e. The number of hydrogen-bond acceptors (Lipinski definition) is 4. The second-order valence-corrected chi connectivity index (χ2v) is 4.69. The molecule has 0 fully saturated rings. The van der Waals surface area contributed by atoms with Crippen LogP contribution in [0.5, 0.6) is 5.88 Å². The molecule has 0 atom stereocenters. The lowest BCUT2D eigenvalue weighted by Gasteiger charge is -2.15. The number of fused-ring (bicyclic) bond motifs is 1. The first-order valence-electron chi connectivity index (χ1n) is 4.23. The Morgan fingerprint density at radius 1 is 1.57 bits per heavy atom. The van der Waals surface area contributed by atoms with Gasteiger partial charge in [-0.05, 0) is 6.92 Å². The van der Waals surface area contributed by atoms with Crippen molar-refractivity contribution in [3.05, 3.63) is 5.69 Å². The Kier molecular flexibility index (Phi) is 2.00. The Hall–Kier alpha value is -1.08. The molecule has 1 aliphatic heterocycles. The summed E-state index contributed by atoms with van der Waals surface area (Å²) in [7, 11) is -3.74. The SMILES string of the molecule is Cc1nn2c(c1S(N)(=O)=O)OCCC2. The van der Waals surface area contributed by atoms with Crippen LogP contribution in [0, 0.1) is 6.92 Å². The number of rotatable bonds is 1. The van der Waals surface area contributed by atoms with Crippen molar-refractivity contribution in [2.24, 2.45) is 5.14 Å². The maximum absolute atomic E-state index is 11.2. The van der Waals surface area contributed by atoms with Crippen molar-refractivity contribution in [1.29, 1.82) is 0 Å². The van der Waals surface area contributed by atoms with Gasteiger partial charge < -0.3 is 4.74 Å². The third kappa shape index (κ3) is 1.38. The summed E-state index contributed by atoms with van der Waals surface area (Å²) in [6.45, 7) is 2.79. The van der Waals surface area contributed by atoms with Crippen molar-refractivity contribution in [1.82, 2.24) is 9.78 Å². The van der Waals surface area contributed by atoms with Crippen LogP contribution in [-0.2, 0) is 16.6 Å². The van der Waals surface area contributed by atoms with Crippen molar-refractivity contribution in [2.75, 3.05) is 6.61 Å². The Labute approximate surface area is 81.7 Å². The number of primary sulfonamides is 1. The van der Waals surface area contributed by atoms with Gasteiger partial charge >= 0.3 is 0 Å². The quantitative estimate of drug-likeness (QED) is 0.694. The highest BCUT2D eigenvalue weighted by Gasteiger charge is 2.27. The molecule has 0 aliphatic carbocycles. The lowest BCUT2D eigenvalue weighted by Crippen LogP contribution is -2.18. The lowest BCUT2D eigenvalue weighted by molar-refractivity contribution is 0.224. The molecule has 0 spiro atoms. The van der Waals surface area contributed by atoms with Gasteiger partial charge in [-0.3, -0.25) is 0 Å². The summed E-state index contributed by atoms with van der Waals surface area (Å²) in [5, 5.41) is 9.12. The molecule has 6 nitrogen and oxygen atoms in total. The molecule has 2 heterocycles. The van der Waals surface area contributed by atoms with Crippen LogP contribution in [0.1, 0.15) is 12.1 Å². The number of ether oxygens (including phenoxy) is 1. The van der Waals surface area contributed by atoms with Crippen molar-refractivity contribution < 1.29 is 13.2 Å². The molecule has 0 aromatic carbocycles. The summed E-state index contributed by atoms with van der Waals surface area (Å²) in [5.41, 5.74) is 0.393. The second kappa shape index (κ2) is 2.96. The van der Waals surface area contributed by atoms with E-state index in [1.807, 2.05) is 0 Å². The van der Waals surface area contributed by atoms with E-state index in [2.05, 4.69) is 5.10 Å². The summed E-state index contributed by atoms with van der Waals surface area (Å²) in [5.74, 6) is 0.274. The van der Waals surface area contributed by atoms with Crippen LogP contribution in [-0.4, -0.2) is 24.8 Å². The molecule has 2 rings (SSSR count). The molecule has 0 amide bonds. The fourth-order valence-corrected chi connectivity index (χ4v) is 2.41. The first kappa shape index (κ1) is 9.47. The van der Waals surface area contributed by atoms with Crippen LogP contribution >= 0.6 is 0 Å². The third-order valence-electron chi connectivity index (χ3n) is 2.07. The lowest BCUT2D eigenvalue weighted by atomic mass is 10.4. The van der Waals surface area contributed by atoms with Gasteiger partial charge in [0.15, 0.2) is 4.90 Å². The van der Waals surface area contributed by atoms with Crippen LogP contribution in [0.3, 0.4) is 0 Å². The predicted molar refractivity (Wildman–Crippen MR) is 48.4 cm³/mol. The molecule has 0 saturated carbocycles. The van der Waals surface area contributed by atoms with E-state index in [1.54, 1.807) is 11.6 Å². The monoisotopic (exact) mass is 217 g/mol. The number of nitrogens with two attached hydrogens (primary N) is 1. The van der Waals surface area contributed by atoms with Gasteiger partial charge in [0.1, 0.15) is 0 Å². The highest BCUT2D eigenvalue weighted by molar-refractivity contribution is 7.89. The standard InChI is InChI=1S/C7H11N3O3S/c1-5-6(14(8,11)12)7-10(9-5)3-2-4-13-7/h2-4H2,1H3,(H2,8,11,12). The summed E-state index contributed by atoms with van der Waals surface area (Å²) in [6, 6.07) is 0. The second-order valence-electron chi connectivity index (χ2n) is 3.19. The first-order chi connectivity index (χ1) is 6.50. The molecule has 0 radical (unpaired) electrons.